The lowest BCUT2D eigenvalue weighted by Crippen LogP contribution is -2.42. The summed E-state index contributed by atoms with van der Waals surface area (Å²) in [6.45, 7) is 1.76. The molecule has 0 bridgehead atoms. The van der Waals surface area contributed by atoms with Crippen LogP contribution in [0.4, 0.5) is 0 Å². The molecular weight excluding hydrogens is 276 g/mol. The molecule has 2 N–H and O–H groups in total. The summed E-state index contributed by atoms with van der Waals surface area (Å²) in [5.41, 5.74) is 0.347. The van der Waals surface area contributed by atoms with Gasteiger partial charge in [0.25, 0.3) is 5.91 Å². The fourth-order valence-electron chi connectivity index (χ4n) is 2.77. The van der Waals surface area contributed by atoms with Crippen LogP contribution >= 0.6 is 11.6 Å². The molecule has 1 aromatic carbocycles. The maximum atomic E-state index is 12.6. The van der Waals surface area contributed by atoms with E-state index in [-0.39, 0.29) is 11.7 Å². The van der Waals surface area contributed by atoms with Crippen molar-refractivity contribution in [2.24, 2.45) is 0 Å². The number of benzene rings is 1. The number of hydrogen-bond donors (Lipinski definition) is 2. The number of amides is 1. The first-order valence-corrected chi connectivity index (χ1v) is 7.56. The van der Waals surface area contributed by atoms with Crippen LogP contribution in [0.15, 0.2) is 18.2 Å². The van der Waals surface area contributed by atoms with Crippen molar-refractivity contribution in [3.63, 3.8) is 0 Å². The van der Waals surface area contributed by atoms with Crippen molar-refractivity contribution < 1.29 is 9.90 Å². The molecule has 1 aliphatic carbocycles. The van der Waals surface area contributed by atoms with E-state index in [1.165, 1.54) is 12.5 Å². The summed E-state index contributed by atoms with van der Waals surface area (Å²) in [5.74, 6) is -0.122. The van der Waals surface area contributed by atoms with Crippen LogP contribution in [0, 0.1) is 0 Å². The van der Waals surface area contributed by atoms with Gasteiger partial charge < -0.3 is 15.3 Å². The number of halogens is 1. The molecule has 20 heavy (non-hydrogen) atoms. The molecule has 108 valence electrons. The molecular formula is C15H19ClN2O2. The van der Waals surface area contributed by atoms with E-state index in [1.54, 1.807) is 12.1 Å². The average molecular weight is 295 g/mol. The van der Waals surface area contributed by atoms with Gasteiger partial charge in [-0.2, -0.15) is 0 Å². The van der Waals surface area contributed by atoms with Crippen molar-refractivity contribution in [3.05, 3.63) is 28.8 Å². The monoisotopic (exact) mass is 294 g/mol. The Bertz CT molecular complexity index is 511. The predicted molar refractivity (Wildman–Crippen MR) is 78.2 cm³/mol. The molecule has 1 atom stereocenters. The smallest absolute Gasteiger partial charge is 0.257 e. The van der Waals surface area contributed by atoms with Crippen molar-refractivity contribution in [2.75, 3.05) is 13.1 Å². The van der Waals surface area contributed by atoms with Crippen molar-refractivity contribution >= 4 is 17.5 Å². The lowest BCUT2D eigenvalue weighted by molar-refractivity contribution is 0.0725. The van der Waals surface area contributed by atoms with Crippen LogP contribution in [0.25, 0.3) is 0 Å². The highest BCUT2D eigenvalue weighted by Crippen LogP contribution is 2.31. The molecule has 1 aromatic rings. The maximum absolute atomic E-state index is 12.6. The van der Waals surface area contributed by atoms with Gasteiger partial charge in [0.2, 0.25) is 0 Å². The number of phenolic OH excluding ortho intramolecular Hbond substituents is 1. The first-order chi connectivity index (χ1) is 9.65. The van der Waals surface area contributed by atoms with Crippen LogP contribution in [0.2, 0.25) is 5.02 Å². The van der Waals surface area contributed by atoms with Crippen LogP contribution in [0.3, 0.4) is 0 Å². The number of aromatic hydroxyl groups is 1. The van der Waals surface area contributed by atoms with Crippen molar-refractivity contribution in [1.82, 2.24) is 10.2 Å². The Labute approximate surface area is 123 Å². The molecule has 2 fully saturated rings. The zero-order valence-electron chi connectivity index (χ0n) is 11.3. The van der Waals surface area contributed by atoms with E-state index >= 15 is 0 Å². The lowest BCUT2D eigenvalue weighted by Gasteiger charge is -2.26. The third kappa shape index (κ3) is 2.91. The Morgan fingerprint density at radius 3 is 2.80 bits per heavy atom. The summed E-state index contributed by atoms with van der Waals surface area (Å²) < 4.78 is 0. The fraction of sp³-hybridized carbons (Fsp3) is 0.533. The molecule has 1 heterocycles. The number of nitrogens with one attached hydrogen (secondary N) is 1. The third-order valence-electron chi connectivity index (χ3n) is 4.02. The van der Waals surface area contributed by atoms with Crippen LogP contribution in [-0.4, -0.2) is 41.1 Å². The van der Waals surface area contributed by atoms with E-state index in [0.29, 0.717) is 22.7 Å². The van der Waals surface area contributed by atoms with Crippen molar-refractivity contribution in [2.45, 2.75) is 37.8 Å². The summed E-state index contributed by atoms with van der Waals surface area (Å²) >= 11 is 5.82. The van der Waals surface area contributed by atoms with Gasteiger partial charge in [0, 0.05) is 23.7 Å². The molecule has 2 aliphatic rings. The zero-order valence-corrected chi connectivity index (χ0v) is 12.1. The van der Waals surface area contributed by atoms with Gasteiger partial charge in [-0.15, -0.1) is 0 Å². The van der Waals surface area contributed by atoms with Gasteiger partial charge in [-0.05, 0) is 50.4 Å². The van der Waals surface area contributed by atoms with E-state index in [0.717, 1.165) is 32.4 Å². The number of rotatable bonds is 4. The number of carbonyl (C=O) groups is 1. The van der Waals surface area contributed by atoms with Crippen LogP contribution in [0.5, 0.6) is 5.75 Å². The molecule has 1 unspecified atom stereocenters. The molecule has 1 saturated heterocycles. The Balaban J connectivity index is 1.77. The molecule has 0 spiro atoms. The average Bonchev–Trinajstić information content (AvgIpc) is 3.12. The largest absolute Gasteiger partial charge is 0.507 e. The summed E-state index contributed by atoms with van der Waals surface area (Å²) in [5, 5.41) is 13.8. The highest BCUT2D eigenvalue weighted by Gasteiger charge is 2.35. The molecule has 1 aliphatic heterocycles. The minimum absolute atomic E-state index is 0.0347. The first-order valence-electron chi connectivity index (χ1n) is 7.18. The second-order valence-electron chi connectivity index (χ2n) is 5.64. The highest BCUT2D eigenvalue weighted by molar-refractivity contribution is 6.30. The molecule has 3 rings (SSSR count). The standard InChI is InChI=1S/C15H19ClN2O2/c16-10-3-6-13(14(19)8-10)15(20)18(12-4-5-12)9-11-2-1-7-17-11/h3,6,8,11-12,17,19H,1-2,4-5,7,9H2. The Morgan fingerprint density at radius 1 is 1.40 bits per heavy atom. The molecule has 0 aromatic heterocycles. The minimum atomic E-state index is -0.0876. The third-order valence-corrected chi connectivity index (χ3v) is 4.25. The topological polar surface area (TPSA) is 52.6 Å². The normalized spacial score (nSPS) is 21.9. The van der Waals surface area contributed by atoms with Gasteiger partial charge >= 0.3 is 0 Å². The van der Waals surface area contributed by atoms with Crippen molar-refractivity contribution in [1.29, 1.82) is 0 Å². The van der Waals surface area contributed by atoms with E-state index in [4.69, 9.17) is 11.6 Å². The van der Waals surface area contributed by atoms with E-state index in [2.05, 4.69) is 5.32 Å². The van der Waals surface area contributed by atoms with Crippen LogP contribution in [-0.2, 0) is 0 Å². The van der Waals surface area contributed by atoms with Crippen LogP contribution < -0.4 is 5.32 Å². The molecule has 5 heteroatoms. The Hall–Kier alpha value is -1.26. The summed E-state index contributed by atoms with van der Waals surface area (Å²) in [6.07, 6.45) is 4.41. The van der Waals surface area contributed by atoms with Crippen molar-refractivity contribution in [3.8, 4) is 5.75 Å². The second-order valence-corrected chi connectivity index (χ2v) is 6.08. The highest BCUT2D eigenvalue weighted by atomic mass is 35.5. The summed E-state index contributed by atoms with van der Waals surface area (Å²) in [4.78, 5) is 14.5. The van der Waals surface area contributed by atoms with E-state index < -0.39 is 0 Å². The second kappa shape index (κ2) is 5.62. The van der Waals surface area contributed by atoms with Gasteiger partial charge in [-0.25, -0.2) is 0 Å². The molecule has 1 amide bonds. The Kier molecular flexibility index (Phi) is 3.85. The fourth-order valence-corrected chi connectivity index (χ4v) is 2.94. The number of phenols is 1. The summed E-state index contributed by atoms with van der Waals surface area (Å²) in [7, 11) is 0. The van der Waals surface area contributed by atoms with Gasteiger partial charge in [-0.1, -0.05) is 11.6 Å². The molecule has 4 nitrogen and oxygen atoms in total. The molecule has 0 radical (unpaired) electrons. The maximum Gasteiger partial charge on any atom is 0.257 e. The Morgan fingerprint density at radius 2 is 2.20 bits per heavy atom. The zero-order chi connectivity index (χ0) is 14.1. The van der Waals surface area contributed by atoms with Gasteiger partial charge in [-0.3, -0.25) is 4.79 Å². The SMILES string of the molecule is O=C(c1ccc(Cl)cc1O)N(CC1CCCN1)C1CC1. The van der Waals surface area contributed by atoms with Gasteiger partial charge in [0.05, 0.1) is 5.56 Å². The number of nitrogens with zero attached hydrogens (tertiary/aromatic N) is 1. The number of hydrogen-bond acceptors (Lipinski definition) is 3. The predicted octanol–water partition coefficient (Wildman–Crippen LogP) is 2.40. The summed E-state index contributed by atoms with van der Waals surface area (Å²) in [6, 6.07) is 5.40. The molecule has 1 saturated carbocycles. The quantitative estimate of drug-likeness (QED) is 0.896. The van der Waals surface area contributed by atoms with E-state index in [9.17, 15) is 9.90 Å². The van der Waals surface area contributed by atoms with E-state index in [1.807, 2.05) is 4.90 Å². The van der Waals surface area contributed by atoms with Gasteiger partial charge in [0.15, 0.2) is 0 Å². The minimum Gasteiger partial charge on any atom is -0.507 e. The van der Waals surface area contributed by atoms with Crippen LogP contribution in [0.1, 0.15) is 36.0 Å². The first kappa shape index (κ1) is 13.7. The lowest BCUT2D eigenvalue weighted by atomic mass is 10.1. The number of carbonyl (C=O) groups excluding carboxylic acids is 1. The van der Waals surface area contributed by atoms with Gasteiger partial charge in [0.1, 0.15) is 5.75 Å².